The molecule has 5 nitrogen and oxygen atoms in total. The molecule has 1 aliphatic heterocycles. The van der Waals surface area contributed by atoms with Gasteiger partial charge in [-0.1, -0.05) is 41.7 Å². The molecule has 1 atom stereocenters. The fraction of sp³-hybridized carbons (Fsp3) is 0.176. The Kier molecular flexibility index (Phi) is 6.35. The maximum Gasteiger partial charge on any atom is 0.288 e. The number of carbonyl (C=O) groups excluding carboxylic acids is 1. The molecular formula is C17H14F2N4OS2. The first kappa shape index (κ1) is 18.5. The molecule has 3 rings (SSSR count). The lowest BCUT2D eigenvalue weighted by Crippen LogP contribution is -2.25. The van der Waals surface area contributed by atoms with Gasteiger partial charge in [-0.25, -0.2) is 0 Å². The zero-order chi connectivity index (χ0) is 18.4. The van der Waals surface area contributed by atoms with Gasteiger partial charge in [0, 0.05) is 22.9 Å². The summed E-state index contributed by atoms with van der Waals surface area (Å²) < 4.78 is 24.7. The molecule has 0 radical (unpaired) electrons. The summed E-state index contributed by atoms with van der Waals surface area (Å²) in [6.07, 6.45) is 5.36. The first-order valence-corrected chi connectivity index (χ1v) is 9.38. The van der Waals surface area contributed by atoms with Crippen LogP contribution in [0, 0.1) is 0 Å². The van der Waals surface area contributed by atoms with Gasteiger partial charge in [-0.05, 0) is 30.2 Å². The van der Waals surface area contributed by atoms with Gasteiger partial charge in [-0.3, -0.25) is 9.78 Å². The molecule has 1 aromatic heterocycles. The number of aromatic nitrogens is 1. The molecule has 134 valence electrons. The number of carbonyl (C=O) groups is 1. The Bertz CT molecular complexity index is 813. The van der Waals surface area contributed by atoms with E-state index in [0.717, 1.165) is 11.1 Å². The normalized spacial score (nSPS) is 18.8. The minimum Gasteiger partial charge on any atom is -0.303 e. The Morgan fingerprint density at radius 1 is 1.31 bits per heavy atom. The molecule has 0 bridgehead atoms. The van der Waals surface area contributed by atoms with Crippen LogP contribution in [-0.4, -0.2) is 33.3 Å². The number of halogens is 2. The Morgan fingerprint density at radius 2 is 2.12 bits per heavy atom. The lowest BCUT2D eigenvalue weighted by molar-refractivity contribution is -0.118. The van der Waals surface area contributed by atoms with Crippen molar-refractivity contribution in [3.05, 3.63) is 59.9 Å². The summed E-state index contributed by atoms with van der Waals surface area (Å²) in [5.41, 5.74) is 1.71. The average molecular weight is 392 g/mol. The topological polar surface area (TPSA) is 66.7 Å². The third-order valence-corrected chi connectivity index (χ3v) is 5.18. The lowest BCUT2D eigenvalue weighted by Gasteiger charge is -2.06. The lowest BCUT2D eigenvalue weighted by atomic mass is 10.1. The highest BCUT2D eigenvalue weighted by atomic mass is 32.2. The van der Waals surface area contributed by atoms with Crippen LogP contribution in [0.4, 0.5) is 8.78 Å². The minimum absolute atomic E-state index is 0.142. The summed E-state index contributed by atoms with van der Waals surface area (Å²) in [6, 6.07) is 10.4. The Hall–Kier alpha value is -2.26. The van der Waals surface area contributed by atoms with Crippen molar-refractivity contribution in [2.75, 3.05) is 0 Å². The van der Waals surface area contributed by atoms with E-state index in [1.54, 1.807) is 48.9 Å². The maximum atomic E-state index is 12.3. The fourth-order valence-corrected chi connectivity index (χ4v) is 3.67. The summed E-state index contributed by atoms with van der Waals surface area (Å²) in [5.74, 6) is -2.58. The SMILES string of the molecule is O=C1N/C(=N\N=Cc2cccnc2)S[C@H]1Cc1ccc(SC(F)F)cc1. The number of pyridine rings is 1. The van der Waals surface area contributed by atoms with Crippen LogP contribution in [0.25, 0.3) is 0 Å². The number of hydrogen-bond donors (Lipinski definition) is 1. The summed E-state index contributed by atoms with van der Waals surface area (Å²) in [7, 11) is 0. The number of rotatable bonds is 6. The second kappa shape index (κ2) is 8.91. The van der Waals surface area contributed by atoms with Gasteiger partial charge < -0.3 is 5.32 Å². The van der Waals surface area contributed by atoms with Crippen molar-refractivity contribution in [2.45, 2.75) is 22.3 Å². The number of alkyl halides is 2. The molecule has 1 saturated heterocycles. The third-order valence-electron chi connectivity index (χ3n) is 3.39. The molecule has 1 fully saturated rings. The zero-order valence-electron chi connectivity index (χ0n) is 13.4. The van der Waals surface area contributed by atoms with E-state index >= 15 is 0 Å². The summed E-state index contributed by atoms with van der Waals surface area (Å²) in [5, 5.41) is 10.8. The number of thioether (sulfide) groups is 2. The number of hydrogen-bond acceptors (Lipinski definition) is 6. The second-order valence-corrected chi connectivity index (χ2v) is 7.51. The molecule has 2 heterocycles. The Labute approximate surface area is 157 Å². The van der Waals surface area contributed by atoms with E-state index in [9.17, 15) is 13.6 Å². The van der Waals surface area contributed by atoms with Crippen molar-refractivity contribution in [1.29, 1.82) is 0 Å². The molecule has 0 unspecified atom stereocenters. The number of nitrogens with zero attached hydrogens (tertiary/aromatic N) is 3. The minimum atomic E-state index is -2.44. The second-order valence-electron chi connectivity index (χ2n) is 5.26. The van der Waals surface area contributed by atoms with E-state index in [2.05, 4.69) is 20.5 Å². The predicted molar refractivity (Wildman–Crippen MR) is 101 cm³/mol. The zero-order valence-corrected chi connectivity index (χ0v) is 15.0. The van der Waals surface area contributed by atoms with Crippen LogP contribution in [0.15, 0.2) is 63.9 Å². The standard InChI is InChI=1S/C17H14F2N4OS2/c18-16(19)25-13-5-3-11(4-6-13)8-14-15(24)22-17(26-14)23-21-10-12-2-1-7-20-9-12/h1-7,9-10,14,16H,8H2,(H,22,23,24)/t14-/m0/s1. The van der Waals surface area contributed by atoms with E-state index in [4.69, 9.17) is 0 Å². The van der Waals surface area contributed by atoms with Crippen molar-refractivity contribution in [3.8, 4) is 0 Å². The van der Waals surface area contributed by atoms with Crippen LogP contribution >= 0.6 is 23.5 Å². The van der Waals surface area contributed by atoms with Crippen LogP contribution in [0.2, 0.25) is 0 Å². The number of nitrogens with one attached hydrogen (secondary N) is 1. The maximum absolute atomic E-state index is 12.3. The third kappa shape index (κ3) is 5.37. The van der Waals surface area contributed by atoms with Crippen LogP contribution < -0.4 is 5.32 Å². The van der Waals surface area contributed by atoms with Gasteiger partial charge in [-0.2, -0.15) is 13.9 Å². The van der Waals surface area contributed by atoms with Gasteiger partial charge in [0.2, 0.25) is 5.91 Å². The van der Waals surface area contributed by atoms with Crippen molar-refractivity contribution in [1.82, 2.24) is 10.3 Å². The highest BCUT2D eigenvalue weighted by Crippen LogP contribution is 2.27. The smallest absolute Gasteiger partial charge is 0.288 e. The van der Waals surface area contributed by atoms with Gasteiger partial charge in [0.15, 0.2) is 5.17 Å². The van der Waals surface area contributed by atoms with E-state index in [1.165, 1.54) is 11.8 Å². The summed E-state index contributed by atoms with van der Waals surface area (Å²) in [4.78, 5) is 16.5. The number of benzene rings is 1. The Balaban J connectivity index is 1.57. The number of amidine groups is 1. The number of amides is 1. The van der Waals surface area contributed by atoms with Crippen molar-refractivity contribution in [3.63, 3.8) is 0 Å². The van der Waals surface area contributed by atoms with Crippen molar-refractivity contribution >= 4 is 40.8 Å². The molecular weight excluding hydrogens is 378 g/mol. The molecule has 1 N–H and O–H groups in total. The molecule has 9 heteroatoms. The quantitative estimate of drug-likeness (QED) is 0.464. The van der Waals surface area contributed by atoms with E-state index in [-0.39, 0.29) is 11.2 Å². The van der Waals surface area contributed by atoms with E-state index < -0.39 is 5.76 Å². The summed E-state index contributed by atoms with van der Waals surface area (Å²) >= 11 is 1.80. The molecule has 0 aliphatic carbocycles. The van der Waals surface area contributed by atoms with Crippen LogP contribution in [0.5, 0.6) is 0 Å². The van der Waals surface area contributed by atoms with E-state index in [0.29, 0.717) is 28.2 Å². The van der Waals surface area contributed by atoms with Crippen LogP contribution in [0.1, 0.15) is 11.1 Å². The monoisotopic (exact) mass is 392 g/mol. The highest BCUT2D eigenvalue weighted by Gasteiger charge is 2.30. The molecule has 1 aromatic carbocycles. The van der Waals surface area contributed by atoms with Crippen LogP contribution in [-0.2, 0) is 11.2 Å². The molecule has 1 amide bonds. The largest absolute Gasteiger partial charge is 0.303 e. The van der Waals surface area contributed by atoms with Crippen LogP contribution in [0.3, 0.4) is 0 Å². The average Bonchev–Trinajstić information content (AvgIpc) is 2.97. The van der Waals surface area contributed by atoms with Crippen molar-refractivity contribution in [2.24, 2.45) is 10.2 Å². The van der Waals surface area contributed by atoms with Gasteiger partial charge >= 0.3 is 0 Å². The van der Waals surface area contributed by atoms with Gasteiger partial charge in [0.25, 0.3) is 5.76 Å². The highest BCUT2D eigenvalue weighted by molar-refractivity contribution is 8.15. The van der Waals surface area contributed by atoms with Crippen molar-refractivity contribution < 1.29 is 13.6 Å². The first-order chi connectivity index (χ1) is 12.6. The summed E-state index contributed by atoms with van der Waals surface area (Å²) in [6.45, 7) is 0. The van der Waals surface area contributed by atoms with Gasteiger partial charge in [0.1, 0.15) is 0 Å². The predicted octanol–water partition coefficient (Wildman–Crippen LogP) is 3.56. The first-order valence-electron chi connectivity index (χ1n) is 7.62. The molecule has 0 spiro atoms. The molecule has 1 aliphatic rings. The molecule has 26 heavy (non-hydrogen) atoms. The molecule has 2 aromatic rings. The van der Waals surface area contributed by atoms with Gasteiger partial charge in [0.05, 0.1) is 11.5 Å². The van der Waals surface area contributed by atoms with Gasteiger partial charge in [-0.15, -0.1) is 5.10 Å². The Morgan fingerprint density at radius 3 is 2.81 bits per heavy atom. The van der Waals surface area contributed by atoms with E-state index in [1.807, 2.05) is 6.07 Å². The molecule has 0 saturated carbocycles. The fourth-order valence-electron chi connectivity index (χ4n) is 2.21.